The third-order valence-corrected chi connectivity index (χ3v) is 3.44. The van der Waals surface area contributed by atoms with E-state index in [-0.39, 0.29) is 0 Å². The van der Waals surface area contributed by atoms with Crippen LogP contribution in [0.25, 0.3) is 11.4 Å². The summed E-state index contributed by atoms with van der Waals surface area (Å²) in [6.07, 6.45) is 0. The van der Waals surface area contributed by atoms with Gasteiger partial charge in [-0.1, -0.05) is 28.9 Å². The molecule has 0 spiro atoms. The Morgan fingerprint density at radius 3 is 2.70 bits per heavy atom. The number of hydrogen-bond donors (Lipinski definition) is 1. The summed E-state index contributed by atoms with van der Waals surface area (Å²) < 4.78 is 10.8. The van der Waals surface area contributed by atoms with Crippen LogP contribution in [0.2, 0.25) is 5.02 Å². The molecule has 0 unspecified atom stereocenters. The molecule has 0 amide bonds. The van der Waals surface area contributed by atoms with Gasteiger partial charge in [-0.25, -0.2) is 0 Å². The van der Waals surface area contributed by atoms with Crippen molar-refractivity contribution in [2.24, 2.45) is 0 Å². The van der Waals surface area contributed by atoms with Crippen LogP contribution in [-0.4, -0.2) is 16.7 Å². The highest BCUT2D eigenvalue weighted by molar-refractivity contribution is 6.30. The van der Waals surface area contributed by atoms with E-state index in [4.69, 9.17) is 20.9 Å². The fourth-order valence-corrected chi connectivity index (χ4v) is 2.23. The van der Waals surface area contributed by atoms with Crippen molar-refractivity contribution in [1.82, 2.24) is 10.1 Å². The molecule has 5 nitrogen and oxygen atoms in total. The zero-order valence-corrected chi connectivity index (χ0v) is 13.4. The van der Waals surface area contributed by atoms with Gasteiger partial charge in [0.05, 0.1) is 18.8 Å². The highest BCUT2D eigenvalue weighted by Gasteiger charge is 2.09. The van der Waals surface area contributed by atoms with Crippen LogP contribution >= 0.6 is 11.6 Å². The molecule has 0 fully saturated rings. The molecule has 2 aromatic carbocycles. The predicted octanol–water partition coefficient (Wildman–Crippen LogP) is 4.40. The molecule has 0 aliphatic heterocycles. The largest absolute Gasteiger partial charge is 0.492 e. The van der Waals surface area contributed by atoms with Crippen LogP contribution in [0, 0.1) is 0 Å². The lowest BCUT2D eigenvalue weighted by atomic mass is 10.2. The van der Waals surface area contributed by atoms with Crippen molar-refractivity contribution in [2.45, 2.75) is 13.5 Å². The van der Waals surface area contributed by atoms with Crippen molar-refractivity contribution in [1.29, 1.82) is 0 Å². The first-order valence-electron chi connectivity index (χ1n) is 7.30. The van der Waals surface area contributed by atoms with Gasteiger partial charge in [-0.2, -0.15) is 4.98 Å². The molecular formula is C17H16ClN3O2. The summed E-state index contributed by atoms with van der Waals surface area (Å²) in [5.74, 6) is 1.84. The quantitative estimate of drug-likeness (QED) is 0.726. The molecule has 1 aromatic heterocycles. The minimum atomic E-state index is 0.421. The van der Waals surface area contributed by atoms with E-state index in [0.717, 1.165) is 17.0 Å². The number of halogens is 1. The standard InChI is InChI=1S/C17H16ClN3O2/c1-2-22-15-6-4-3-5-14(15)19-11-16-20-17(21-23-16)12-7-9-13(18)10-8-12/h3-10,19H,2,11H2,1H3. The lowest BCUT2D eigenvalue weighted by molar-refractivity contribution is 0.341. The molecule has 1 heterocycles. The molecule has 0 saturated carbocycles. The number of nitrogens with zero attached hydrogens (tertiary/aromatic N) is 2. The van der Waals surface area contributed by atoms with Gasteiger partial charge in [-0.05, 0) is 43.3 Å². The number of rotatable bonds is 6. The number of para-hydroxylation sites is 2. The third-order valence-electron chi connectivity index (χ3n) is 3.19. The maximum atomic E-state index is 5.88. The maximum absolute atomic E-state index is 5.88. The predicted molar refractivity (Wildman–Crippen MR) is 89.7 cm³/mol. The van der Waals surface area contributed by atoms with E-state index in [2.05, 4.69) is 15.5 Å². The fraction of sp³-hybridized carbons (Fsp3) is 0.176. The van der Waals surface area contributed by atoms with Crippen molar-refractivity contribution >= 4 is 17.3 Å². The van der Waals surface area contributed by atoms with Crippen molar-refractivity contribution < 1.29 is 9.26 Å². The Labute approximate surface area is 139 Å². The van der Waals surface area contributed by atoms with E-state index in [1.165, 1.54) is 0 Å². The van der Waals surface area contributed by atoms with Crippen LogP contribution in [0.4, 0.5) is 5.69 Å². The molecule has 0 bridgehead atoms. The van der Waals surface area contributed by atoms with Gasteiger partial charge in [-0.3, -0.25) is 0 Å². The molecule has 0 aliphatic carbocycles. The molecular weight excluding hydrogens is 314 g/mol. The summed E-state index contributed by atoms with van der Waals surface area (Å²) in [4.78, 5) is 4.38. The normalized spacial score (nSPS) is 10.5. The Balaban J connectivity index is 1.69. The number of ether oxygens (including phenoxy) is 1. The molecule has 0 radical (unpaired) electrons. The third kappa shape index (κ3) is 3.81. The first-order valence-corrected chi connectivity index (χ1v) is 7.68. The Kier molecular flexibility index (Phi) is 4.78. The Morgan fingerprint density at radius 1 is 1.13 bits per heavy atom. The topological polar surface area (TPSA) is 60.2 Å². The van der Waals surface area contributed by atoms with E-state index in [0.29, 0.717) is 29.9 Å². The van der Waals surface area contributed by atoms with E-state index >= 15 is 0 Å². The van der Waals surface area contributed by atoms with Crippen molar-refractivity contribution in [2.75, 3.05) is 11.9 Å². The monoisotopic (exact) mass is 329 g/mol. The molecule has 118 valence electrons. The molecule has 0 atom stereocenters. The minimum absolute atomic E-state index is 0.421. The van der Waals surface area contributed by atoms with Gasteiger partial charge < -0.3 is 14.6 Å². The van der Waals surface area contributed by atoms with Gasteiger partial charge in [0.2, 0.25) is 11.7 Å². The number of aromatic nitrogens is 2. The van der Waals surface area contributed by atoms with Crippen LogP contribution in [0.1, 0.15) is 12.8 Å². The summed E-state index contributed by atoms with van der Waals surface area (Å²) in [7, 11) is 0. The lowest BCUT2D eigenvalue weighted by Gasteiger charge is -2.10. The van der Waals surface area contributed by atoms with Gasteiger partial charge in [0.1, 0.15) is 5.75 Å². The van der Waals surface area contributed by atoms with Crippen molar-refractivity contribution in [3.8, 4) is 17.1 Å². The molecule has 3 rings (SSSR count). The maximum Gasteiger partial charge on any atom is 0.246 e. The highest BCUT2D eigenvalue weighted by Crippen LogP contribution is 2.24. The summed E-state index contributed by atoms with van der Waals surface area (Å²) >= 11 is 5.88. The van der Waals surface area contributed by atoms with Crippen LogP contribution in [-0.2, 0) is 6.54 Å². The van der Waals surface area contributed by atoms with Crippen LogP contribution in [0.3, 0.4) is 0 Å². The van der Waals surface area contributed by atoms with Crippen LogP contribution < -0.4 is 10.1 Å². The summed E-state index contributed by atoms with van der Waals surface area (Å²) in [6.45, 7) is 2.98. The van der Waals surface area contributed by atoms with Crippen molar-refractivity contribution in [3.05, 3.63) is 59.4 Å². The van der Waals surface area contributed by atoms with Gasteiger partial charge in [0, 0.05) is 10.6 Å². The molecule has 0 saturated heterocycles. The van der Waals surface area contributed by atoms with Gasteiger partial charge in [0.15, 0.2) is 0 Å². The molecule has 0 aliphatic rings. The Morgan fingerprint density at radius 2 is 1.91 bits per heavy atom. The number of benzene rings is 2. The van der Waals surface area contributed by atoms with Crippen LogP contribution in [0.5, 0.6) is 5.75 Å². The minimum Gasteiger partial charge on any atom is -0.492 e. The van der Waals surface area contributed by atoms with Gasteiger partial charge in [0.25, 0.3) is 0 Å². The van der Waals surface area contributed by atoms with E-state index in [1.54, 1.807) is 12.1 Å². The molecule has 23 heavy (non-hydrogen) atoms. The molecule has 3 aromatic rings. The number of hydrogen-bond acceptors (Lipinski definition) is 5. The first kappa shape index (κ1) is 15.4. The fourth-order valence-electron chi connectivity index (χ4n) is 2.11. The van der Waals surface area contributed by atoms with E-state index < -0.39 is 0 Å². The van der Waals surface area contributed by atoms with Crippen molar-refractivity contribution in [3.63, 3.8) is 0 Å². The summed E-state index contributed by atoms with van der Waals surface area (Å²) in [6, 6.07) is 15.0. The zero-order chi connectivity index (χ0) is 16.1. The highest BCUT2D eigenvalue weighted by atomic mass is 35.5. The Hall–Kier alpha value is -2.53. The molecule has 1 N–H and O–H groups in total. The van der Waals surface area contributed by atoms with E-state index in [9.17, 15) is 0 Å². The van der Waals surface area contributed by atoms with Gasteiger partial charge in [-0.15, -0.1) is 0 Å². The second-order valence-corrected chi connectivity index (χ2v) is 5.24. The lowest BCUT2D eigenvalue weighted by Crippen LogP contribution is -2.02. The Bertz CT molecular complexity index is 772. The second kappa shape index (κ2) is 7.15. The zero-order valence-electron chi connectivity index (χ0n) is 12.6. The van der Waals surface area contributed by atoms with Crippen LogP contribution in [0.15, 0.2) is 53.1 Å². The smallest absolute Gasteiger partial charge is 0.246 e. The number of nitrogens with one attached hydrogen (secondary N) is 1. The van der Waals surface area contributed by atoms with E-state index in [1.807, 2.05) is 43.3 Å². The first-order chi connectivity index (χ1) is 11.3. The summed E-state index contributed by atoms with van der Waals surface area (Å²) in [5, 5.41) is 7.91. The second-order valence-electron chi connectivity index (χ2n) is 4.80. The van der Waals surface area contributed by atoms with Gasteiger partial charge >= 0.3 is 0 Å². The SMILES string of the molecule is CCOc1ccccc1NCc1nc(-c2ccc(Cl)cc2)no1. The molecule has 6 heteroatoms. The average Bonchev–Trinajstić information content (AvgIpc) is 3.04. The average molecular weight is 330 g/mol. The number of anilines is 1. The summed E-state index contributed by atoms with van der Waals surface area (Å²) in [5.41, 5.74) is 1.75.